The zero-order valence-corrected chi connectivity index (χ0v) is 10.9. The Hall–Kier alpha value is -3.26. The number of aromatic nitrogens is 4. The predicted molar refractivity (Wildman–Crippen MR) is 78.4 cm³/mol. The molecule has 0 radical (unpaired) electrons. The second-order valence-electron chi connectivity index (χ2n) is 4.66. The van der Waals surface area contributed by atoms with Crippen molar-refractivity contribution in [1.29, 1.82) is 5.26 Å². The lowest BCUT2D eigenvalue weighted by Gasteiger charge is -2.04. The van der Waals surface area contributed by atoms with Gasteiger partial charge in [0.15, 0.2) is 11.5 Å². The molecule has 0 unspecified atom stereocenters. The van der Waals surface area contributed by atoms with Crippen molar-refractivity contribution in [2.45, 2.75) is 0 Å². The molecule has 3 heterocycles. The first-order chi connectivity index (χ1) is 10.4. The van der Waals surface area contributed by atoms with Crippen molar-refractivity contribution in [3.05, 3.63) is 60.4 Å². The van der Waals surface area contributed by atoms with E-state index < -0.39 is 0 Å². The van der Waals surface area contributed by atoms with Crippen molar-refractivity contribution in [3.8, 4) is 17.5 Å². The Bertz CT molecular complexity index is 1000. The van der Waals surface area contributed by atoms with Crippen molar-refractivity contribution in [2.24, 2.45) is 0 Å². The van der Waals surface area contributed by atoms with E-state index in [1.54, 1.807) is 18.3 Å². The van der Waals surface area contributed by atoms with Crippen LogP contribution in [0.3, 0.4) is 0 Å². The highest BCUT2D eigenvalue weighted by molar-refractivity contribution is 5.92. The van der Waals surface area contributed by atoms with Gasteiger partial charge in [-0.15, -0.1) is 10.2 Å². The fraction of sp³-hybridized carbons (Fsp3) is 0. The van der Waals surface area contributed by atoms with Gasteiger partial charge >= 0.3 is 0 Å². The van der Waals surface area contributed by atoms with Gasteiger partial charge in [-0.1, -0.05) is 18.2 Å². The van der Waals surface area contributed by atoms with Crippen molar-refractivity contribution in [1.82, 2.24) is 19.6 Å². The summed E-state index contributed by atoms with van der Waals surface area (Å²) in [5.74, 6) is 0.721. The Kier molecular flexibility index (Phi) is 2.42. The van der Waals surface area contributed by atoms with E-state index in [9.17, 15) is 0 Å². The maximum absolute atomic E-state index is 8.94. The summed E-state index contributed by atoms with van der Waals surface area (Å²) in [6.45, 7) is 0. The monoisotopic (exact) mass is 271 g/mol. The molecule has 5 heteroatoms. The first-order valence-corrected chi connectivity index (χ1v) is 6.46. The Morgan fingerprint density at radius 1 is 1.05 bits per heavy atom. The molecule has 0 bridgehead atoms. The molecule has 0 N–H and O–H groups in total. The van der Waals surface area contributed by atoms with Crippen LogP contribution in [0.25, 0.3) is 27.9 Å². The summed E-state index contributed by atoms with van der Waals surface area (Å²) < 4.78 is 1.87. The predicted octanol–water partition coefficient (Wildman–Crippen LogP) is 2.82. The fourth-order valence-electron chi connectivity index (χ4n) is 2.43. The highest BCUT2D eigenvalue weighted by Gasteiger charge is 2.12. The minimum atomic E-state index is 0.567. The van der Waals surface area contributed by atoms with E-state index >= 15 is 0 Å². The molecule has 5 nitrogen and oxygen atoms in total. The molecule has 0 aliphatic heterocycles. The molecular formula is C16H9N5. The van der Waals surface area contributed by atoms with Crippen molar-refractivity contribution in [3.63, 3.8) is 0 Å². The number of benzene rings is 1. The average Bonchev–Trinajstić information content (AvgIpc) is 2.97. The van der Waals surface area contributed by atoms with Crippen molar-refractivity contribution >= 4 is 16.6 Å². The lowest BCUT2D eigenvalue weighted by Crippen LogP contribution is -1.92. The zero-order chi connectivity index (χ0) is 14.2. The van der Waals surface area contributed by atoms with Gasteiger partial charge in [-0.3, -0.25) is 9.38 Å². The number of nitrogens with zero attached hydrogens (tertiary/aromatic N) is 5. The molecular weight excluding hydrogens is 262 g/mol. The van der Waals surface area contributed by atoms with E-state index in [-0.39, 0.29) is 0 Å². The van der Waals surface area contributed by atoms with Gasteiger partial charge < -0.3 is 0 Å². The molecule has 0 saturated carbocycles. The van der Waals surface area contributed by atoms with E-state index in [1.165, 1.54) is 0 Å². The SMILES string of the molecule is N#Cc1ccn2c(-c3cccc4cccnc34)nnc2c1. The van der Waals surface area contributed by atoms with E-state index in [4.69, 9.17) is 5.26 Å². The number of nitriles is 1. The van der Waals surface area contributed by atoms with Crippen LogP contribution in [0.15, 0.2) is 54.9 Å². The van der Waals surface area contributed by atoms with E-state index in [0.717, 1.165) is 22.3 Å². The first-order valence-electron chi connectivity index (χ1n) is 6.46. The topological polar surface area (TPSA) is 66.9 Å². The molecule has 4 rings (SSSR count). The maximum atomic E-state index is 8.94. The number of rotatable bonds is 1. The van der Waals surface area contributed by atoms with E-state index in [2.05, 4.69) is 21.3 Å². The Morgan fingerprint density at radius 2 is 1.95 bits per heavy atom. The summed E-state index contributed by atoms with van der Waals surface area (Å²) in [6, 6.07) is 15.5. The lowest BCUT2D eigenvalue weighted by atomic mass is 10.1. The third kappa shape index (κ3) is 1.74. The Labute approximate surface area is 120 Å². The molecule has 0 aliphatic rings. The van der Waals surface area contributed by atoms with Crippen LogP contribution in [0.1, 0.15) is 5.56 Å². The van der Waals surface area contributed by atoms with Gasteiger partial charge in [0.1, 0.15) is 0 Å². The molecule has 0 amide bonds. The highest BCUT2D eigenvalue weighted by atomic mass is 15.2. The van der Waals surface area contributed by atoms with Crippen LogP contribution in [0.2, 0.25) is 0 Å². The Morgan fingerprint density at radius 3 is 2.86 bits per heavy atom. The number of hydrogen-bond acceptors (Lipinski definition) is 4. The second kappa shape index (κ2) is 4.39. The molecule has 0 spiro atoms. The summed E-state index contributed by atoms with van der Waals surface area (Å²) in [4.78, 5) is 4.44. The number of pyridine rings is 2. The molecule has 3 aromatic heterocycles. The second-order valence-corrected chi connectivity index (χ2v) is 4.66. The molecule has 4 aromatic rings. The van der Waals surface area contributed by atoms with Crippen LogP contribution < -0.4 is 0 Å². The quantitative estimate of drug-likeness (QED) is 0.534. The van der Waals surface area contributed by atoms with Crippen LogP contribution in [-0.2, 0) is 0 Å². The molecule has 0 aliphatic carbocycles. The third-order valence-corrected chi connectivity index (χ3v) is 3.41. The summed E-state index contributed by atoms with van der Waals surface area (Å²) >= 11 is 0. The standard InChI is InChI=1S/C16H9N5/c17-10-11-6-8-21-14(9-11)19-20-16(21)13-5-1-3-12-4-2-7-18-15(12)13/h1-9H. The van der Waals surface area contributed by atoms with Gasteiger partial charge in [-0.25, -0.2) is 0 Å². The number of hydrogen-bond donors (Lipinski definition) is 0. The van der Waals surface area contributed by atoms with Crippen LogP contribution in [0.5, 0.6) is 0 Å². The average molecular weight is 271 g/mol. The zero-order valence-electron chi connectivity index (χ0n) is 10.9. The largest absolute Gasteiger partial charge is 0.282 e. The van der Waals surface area contributed by atoms with Gasteiger partial charge in [-0.05, 0) is 18.2 Å². The van der Waals surface area contributed by atoms with Crippen LogP contribution in [-0.4, -0.2) is 19.6 Å². The first kappa shape index (κ1) is 11.6. The third-order valence-electron chi connectivity index (χ3n) is 3.41. The van der Waals surface area contributed by atoms with Gasteiger partial charge in [0.2, 0.25) is 0 Å². The summed E-state index contributed by atoms with van der Waals surface area (Å²) in [6.07, 6.45) is 3.58. The van der Waals surface area contributed by atoms with Crippen LogP contribution in [0.4, 0.5) is 0 Å². The normalized spacial score (nSPS) is 10.8. The van der Waals surface area contributed by atoms with Crippen LogP contribution in [0, 0.1) is 11.3 Å². The van der Waals surface area contributed by atoms with Crippen LogP contribution >= 0.6 is 0 Å². The van der Waals surface area contributed by atoms with Gasteiger partial charge in [0, 0.05) is 29.4 Å². The summed E-state index contributed by atoms with van der Waals surface area (Å²) in [5, 5.41) is 18.4. The number of fused-ring (bicyclic) bond motifs is 2. The minimum absolute atomic E-state index is 0.567. The molecule has 0 saturated heterocycles. The summed E-state index contributed by atoms with van der Waals surface area (Å²) in [5.41, 5.74) is 3.03. The van der Waals surface area contributed by atoms with Gasteiger partial charge in [-0.2, -0.15) is 5.26 Å². The Balaban J connectivity index is 2.03. The molecule has 0 atom stereocenters. The minimum Gasteiger partial charge on any atom is -0.282 e. The highest BCUT2D eigenvalue weighted by Crippen LogP contribution is 2.26. The molecule has 21 heavy (non-hydrogen) atoms. The fourth-order valence-corrected chi connectivity index (χ4v) is 2.43. The van der Waals surface area contributed by atoms with Gasteiger partial charge in [0.05, 0.1) is 17.1 Å². The molecule has 1 aromatic carbocycles. The van der Waals surface area contributed by atoms with E-state index in [1.807, 2.05) is 40.9 Å². The van der Waals surface area contributed by atoms with Crippen molar-refractivity contribution < 1.29 is 0 Å². The molecule has 98 valence electrons. The molecule has 0 fully saturated rings. The lowest BCUT2D eigenvalue weighted by molar-refractivity contribution is 1.11. The maximum Gasteiger partial charge on any atom is 0.170 e. The number of para-hydroxylation sites is 1. The van der Waals surface area contributed by atoms with Crippen molar-refractivity contribution in [2.75, 3.05) is 0 Å². The smallest absolute Gasteiger partial charge is 0.170 e. The summed E-state index contributed by atoms with van der Waals surface area (Å²) in [7, 11) is 0. The van der Waals surface area contributed by atoms with E-state index in [0.29, 0.717) is 11.2 Å². The van der Waals surface area contributed by atoms with Gasteiger partial charge in [0.25, 0.3) is 0 Å².